The van der Waals surface area contributed by atoms with E-state index in [1.165, 1.54) is 5.56 Å². The van der Waals surface area contributed by atoms with Crippen molar-refractivity contribution in [3.05, 3.63) is 80.6 Å². The van der Waals surface area contributed by atoms with Gasteiger partial charge in [-0.3, -0.25) is 19.6 Å². The summed E-state index contributed by atoms with van der Waals surface area (Å²) >= 11 is 10.0. The molecule has 1 aromatic carbocycles. The van der Waals surface area contributed by atoms with Gasteiger partial charge in [0.2, 0.25) is 5.91 Å². The van der Waals surface area contributed by atoms with Crippen LogP contribution in [0.5, 0.6) is 0 Å². The highest BCUT2D eigenvalue weighted by Gasteiger charge is 2.41. The summed E-state index contributed by atoms with van der Waals surface area (Å²) in [4.78, 5) is 40.1. The lowest BCUT2D eigenvalue weighted by Gasteiger charge is -2.44. The van der Waals surface area contributed by atoms with Gasteiger partial charge in [0.1, 0.15) is 11.6 Å². The maximum Gasteiger partial charge on any atom is 0.411 e. The SMILES string of the molecule is CCn1cncc1CCNC(=O)[C@H]1CN(C2c3ccc(Cl)cc3CCc3cc(Br)cnc32)CCN1C(=O)OC(C)(C)C. The summed E-state index contributed by atoms with van der Waals surface area (Å²) in [6.45, 7) is 10.1. The molecular weight excluding hydrogens is 620 g/mol. The van der Waals surface area contributed by atoms with Crippen LogP contribution in [0.25, 0.3) is 0 Å². The molecule has 1 N–H and O–H groups in total. The van der Waals surface area contributed by atoms with E-state index >= 15 is 0 Å². The van der Waals surface area contributed by atoms with Gasteiger partial charge < -0.3 is 14.6 Å². The van der Waals surface area contributed by atoms with E-state index in [-0.39, 0.29) is 11.9 Å². The van der Waals surface area contributed by atoms with Gasteiger partial charge in [-0.25, -0.2) is 9.78 Å². The van der Waals surface area contributed by atoms with Gasteiger partial charge in [0.15, 0.2) is 0 Å². The third kappa shape index (κ3) is 6.82. The zero-order valence-electron chi connectivity index (χ0n) is 24.6. The number of nitrogens with zero attached hydrogens (tertiary/aromatic N) is 5. The van der Waals surface area contributed by atoms with Crippen molar-refractivity contribution < 1.29 is 14.3 Å². The van der Waals surface area contributed by atoms with Gasteiger partial charge in [-0.05, 0) is 91.4 Å². The summed E-state index contributed by atoms with van der Waals surface area (Å²) in [7, 11) is 0. The second-order valence-corrected chi connectivity index (χ2v) is 13.2. The first kappa shape index (κ1) is 30.5. The lowest BCUT2D eigenvalue weighted by atomic mass is 9.95. The van der Waals surface area contributed by atoms with Crippen molar-refractivity contribution in [3.8, 4) is 0 Å². The summed E-state index contributed by atoms with van der Waals surface area (Å²) in [5, 5.41) is 3.78. The highest BCUT2D eigenvalue weighted by atomic mass is 79.9. The maximum absolute atomic E-state index is 13.8. The molecule has 224 valence electrons. The average Bonchev–Trinajstić information content (AvgIpc) is 3.33. The second-order valence-electron chi connectivity index (χ2n) is 11.8. The lowest BCUT2D eigenvalue weighted by Crippen LogP contribution is -2.61. The van der Waals surface area contributed by atoms with Crippen molar-refractivity contribution in [2.75, 3.05) is 26.2 Å². The Morgan fingerprint density at radius 3 is 2.69 bits per heavy atom. The van der Waals surface area contributed by atoms with Crippen LogP contribution in [0.4, 0.5) is 4.79 Å². The molecule has 1 unspecified atom stereocenters. The van der Waals surface area contributed by atoms with E-state index in [1.54, 1.807) is 11.2 Å². The van der Waals surface area contributed by atoms with Gasteiger partial charge in [0.05, 0.1) is 18.1 Å². The van der Waals surface area contributed by atoms with Crippen LogP contribution in [-0.4, -0.2) is 74.2 Å². The van der Waals surface area contributed by atoms with Crippen LogP contribution in [0.15, 0.2) is 47.5 Å². The molecule has 2 amide bonds. The number of piperazine rings is 1. The average molecular weight is 658 g/mol. The molecule has 1 fully saturated rings. The van der Waals surface area contributed by atoms with Crippen LogP contribution < -0.4 is 5.32 Å². The number of benzene rings is 1. The molecule has 9 nitrogen and oxygen atoms in total. The number of amides is 2. The Kier molecular flexibility index (Phi) is 9.25. The zero-order chi connectivity index (χ0) is 30.0. The minimum absolute atomic E-state index is 0.183. The molecule has 0 saturated carbocycles. The number of hydrogen-bond donors (Lipinski definition) is 1. The maximum atomic E-state index is 13.8. The van der Waals surface area contributed by atoms with E-state index in [2.05, 4.69) is 54.8 Å². The van der Waals surface area contributed by atoms with Crippen molar-refractivity contribution in [2.45, 2.75) is 71.2 Å². The largest absolute Gasteiger partial charge is 0.444 e. The monoisotopic (exact) mass is 656 g/mol. The fourth-order valence-electron chi connectivity index (χ4n) is 5.86. The van der Waals surface area contributed by atoms with Crippen molar-refractivity contribution in [2.24, 2.45) is 0 Å². The summed E-state index contributed by atoms with van der Waals surface area (Å²) < 4.78 is 8.72. The Balaban J connectivity index is 1.44. The van der Waals surface area contributed by atoms with Crippen molar-refractivity contribution in [1.82, 2.24) is 29.7 Å². The molecule has 1 aliphatic carbocycles. The first-order chi connectivity index (χ1) is 20.0. The van der Waals surface area contributed by atoms with Crippen molar-refractivity contribution in [1.29, 1.82) is 0 Å². The molecule has 42 heavy (non-hydrogen) atoms. The molecule has 5 rings (SSSR count). The fraction of sp³-hybridized carbons (Fsp3) is 0.484. The molecule has 1 saturated heterocycles. The fourth-order valence-corrected chi connectivity index (χ4v) is 6.43. The molecule has 0 spiro atoms. The molecule has 11 heteroatoms. The Labute approximate surface area is 260 Å². The zero-order valence-corrected chi connectivity index (χ0v) is 26.9. The number of aryl methyl sites for hydroxylation is 3. The normalized spacial score (nSPS) is 19.0. The Hall–Kier alpha value is -2.95. The van der Waals surface area contributed by atoms with Gasteiger partial charge in [0.25, 0.3) is 0 Å². The van der Waals surface area contributed by atoms with E-state index in [0.29, 0.717) is 37.6 Å². The molecule has 0 bridgehead atoms. The molecule has 1 aliphatic heterocycles. The van der Waals surface area contributed by atoms with Crippen LogP contribution in [0.2, 0.25) is 5.02 Å². The number of aromatic nitrogens is 3. The highest BCUT2D eigenvalue weighted by Crippen LogP contribution is 2.38. The molecular formula is C31H38BrClN6O3. The van der Waals surface area contributed by atoms with Gasteiger partial charge >= 0.3 is 6.09 Å². The summed E-state index contributed by atoms with van der Waals surface area (Å²) in [6.07, 6.45) is 7.28. The summed E-state index contributed by atoms with van der Waals surface area (Å²) in [5.41, 5.74) is 4.80. The van der Waals surface area contributed by atoms with E-state index in [4.69, 9.17) is 21.3 Å². The first-order valence-electron chi connectivity index (χ1n) is 14.5. The molecule has 3 heterocycles. The number of pyridine rings is 1. The predicted octanol–water partition coefficient (Wildman–Crippen LogP) is 5.18. The number of hydrogen-bond acceptors (Lipinski definition) is 6. The predicted molar refractivity (Wildman–Crippen MR) is 166 cm³/mol. The highest BCUT2D eigenvalue weighted by molar-refractivity contribution is 9.10. The van der Waals surface area contributed by atoms with E-state index < -0.39 is 17.7 Å². The topological polar surface area (TPSA) is 92.6 Å². The van der Waals surface area contributed by atoms with E-state index in [1.807, 2.05) is 45.3 Å². The summed E-state index contributed by atoms with van der Waals surface area (Å²) in [5.74, 6) is -0.206. The Bertz CT molecular complexity index is 1400. The van der Waals surface area contributed by atoms with Gasteiger partial charge in [-0.2, -0.15) is 0 Å². The summed E-state index contributed by atoms with van der Waals surface area (Å²) in [6, 6.07) is 7.24. The Morgan fingerprint density at radius 2 is 1.93 bits per heavy atom. The molecule has 2 aliphatic rings. The second kappa shape index (κ2) is 12.7. The van der Waals surface area contributed by atoms with Gasteiger partial charge in [-0.15, -0.1) is 0 Å². The number of halogens is 2. The minimum atomic E-state index is -0.734. The minimum Gasteiger partial charge on any atom is -0.444 e. The standard InChI is InChI=1S/C31H38BrClN6O3/c1-5-37-19-34-17-24(37)10-11-35-29(40)26-18-38(12-13-39(26)30(41)42-31(2,3)4)28-25-9-8-23(33)15-20(25)6-7-21-14-22(32)16-36-27(21)28/h8-9,14-17,19,26,28H,5-7,10-13,18H2,1-4H3,(H,35,40)/t26-,28?/m1/s1. The van der Waals surface area contributed by atoms with Crippen molar-refractivity contribution >= 4 is 39.5 Å². The number of carbonyl (C=O) groups excluding carboxylic acids is 2. The van der Waals surface area contributed by atoms with Crippen LogP contribution in [0.3, 0.4) is 0 Å². The molecule has 2 aromatic heterocycles. The molecule has 3 aromatic rings. The third-order valence-electron chi connectivity index (χ3n) is 7.82. The van der Waals surface area contributed by atoms with Crippen molar-refractivity contribution in [3.63, 3.8) is 0 Å². The number of fused-ring (bicyclic) bond motifs is 2. The quantitative estimate of drug-likeness (QED) is 0.393. The molecule has 2 atom stereocenters. The Morgan fingerprint density at radius 1 is 1.14 bits per heavy atom. The lowest BCUT2D eigenvalue weighted by molar-refractivity contribution is -0.129. The number of carbonyl (C=O) groups is 2. The van der Waals surface area contributed by atoms with Crippen LogP contribution >= 0.6 is 27.5 Å². The van der Waals surface area contributed by atoms with Crippen LogP contribution in [0.1, 0.15) is 61.8 Å². The molecule has 0 radical (unpaired) electrons. The number of imidazole rings is 1. The first-order valence-corrected chi connectivity index (χ1v) is 15.6. The smallest absolute Gasteiger partial charge is 0.411 e. The van der Waals surface area contributed by atoms with Crippen LogP contribution in [0, 0.1) is 0 Å². The number of ether oxygens (including phenoxy) is 1. The number of rotatable bonds is 6. The van der Waals surface area contributed by atoms with E-state index in [9.17, 15) is 9.59 Å². The third-order valence-corrected chi connectivity index (χ3v) is 8.49. The van der Waals surface area contributed by atoms with Gasteiger partial charge in [-0.1, -0.05) is 17.7 Å². The van der Waals surface area contributed by atoms with Gasteiger partial charge in [0, 0.05) is 66.7 Å². The van der Waals surface area contributed by atoms with Crippen LogP contribution in [-0.2, 0) is 35.3 Å². The van der Waals surface area contributed by atoms with E-state index in [0.717, 1.165) is 46.4 Å². The number of nitrogens with one attached hydrogen (secondary N) is 1.